The first-order valence-corrected chi connectivity index (χ1v) is 10.8. The van der Waals surface area contributed by atoms with Gasteiger partial charge in [0, 0.05) is 10.7 Å². The number of imidazole rings is 1. The van der Waals surface area contributed by atoms with Crippen LogP contribution in [0, 0.1) is 0 Å². The van der Waals surface area contributed by atoms with Gasteiger partial charge in [0.2, 0.25) is 5.78 Å². The van der Waals surface area contributed by atoms with Crippen LogP contribution in [-0.2, 0) is 10.0 Å². The molecule has 3 aromatic carbocycles. The lowest BCUT2D eigenvalue weighted by Crippen LogP contribution is -2.12. The second-order valence-electron chi connectivity index (χ2n) is 6.49. The molecule has 1 aromatic heterocycles. The van der Waals surface area contributed by atoms with Crippen molar-refractivity contribution in [3.8, 4) is 0 Å². The van der Waals surface area contributed by atoms with Gasteiger partial charge in [-0.15, -0.1) is 0 Å². The summed E-state index contributed by atoms with van der Waals surface area (Å²) in [7, 11) is -3.75. The van der Waals surface area contributed by atoms with Crippen molar-refractivity contribution in [1.29, 1.82) is 0 Å². The van der Waals surface area contributed by atoms with Crippen LogP contribution in [0.2, 0.25) is 5.02 Å². The number of ketones is 1. The monoisotopic (exact) mass is 437 g/mol. The molecule has 8 heteroatoms. The Morgan fingerprint density at radius 1 is 1.00 bits per heavy atom. The molecule has 4 rings (SSSR count). The van der Waals surface area contributed by atoms with E-state index in [1.165, 1.54) is 30.3 Å². The third-order valence-corrected chi connectivity index (χ3v) is 5.96. The highest BCUT2D eigenvalue weighted by molar-refractivity contribution is 7.92. The number of fused-ring (bicyclic) bond motifs is 1. The standard InChI is InChI=1S/C22H16ClN3O3S/c23-16-9-11-18(12-10-16)30(28,29)26-17-5-3-4-15(14-17)8-13-21(27)22-24-19-6-1-2-7-20(19)25-22/h1-14,26H,(H,24,25)/b13-8+. The van der Waals surface area contributed by atoms with E-state index in [4.69, 9.17) is 11.6 Å². The summed E-state index contributed by atoms with van der Waals surface area (Å²) in [5.74, 6) is -0.0367. The van der Waals surface area contributed by atoms with Crippen molar-refractivity contribution >= 4 is 50.2 Å². The van der Waals surface area contributed by atoms with Gasteiger partial charge < -0.3 is 4.98 Å². The molecular formula is C22H16ClN3O3S. The number of anilines is 1. The molecule has 30 heavy (non-hydrogen) atoms. The quantitative estimate of drug-likeness (QED) is 0.331. The molecule has 0 unspecified atom stereocenters. The number of hydrogen-bond donors (Lipinski definition) is 2. The molecule has 2 N–H and O–H groups in total. The number of carbonyl (C=O) groups excluding carboxylic acids is 1. The van der Waals surface area contributed by atoms with E-state index in [1.54, 1.807) is 30.3 Å². The number of benzene rings is 3. The van der Waals surface area contributed by atoms with Crippen LogP contribution in [0.25, 0.3) is 17.1 Å². The number of carbonyl (C=O) groups is 1. The number of halogens is 1. The fourth-order valence-corrected chi connectivity index (χ4v) is 4.03. The second kappa shape index (κ2) is 8.14. The lowest BCUT2D eigenvalue weighted by Gasteiger charge is -2.08. The van der Waals surface area contributed by atoms with Gasteiger partial charge in [0.25, 0.3) is 10.0 Å². The van der Waals surface area contributed by atoms with Gasteiger partial charge >= 0.3 is 0 Å². The van der Waals surface area contributed by atoms with Crippen molar-refractivity contribution in [2.24, 2.45) is 0 Å². The molecule has 0 aliphatic rings. The first-order valence-electron chi connectivity index (χ1n) is 8.96. The normalized spacial score (nSPS) is 11.8. The van der Waals surface area contributed by atoms with E-state index in [0.29, 0.717) is 21.8 Å². The number of H-pyrrole nitrogens is 1. The predicted octanol–water partition coefficient (Wildman–Crippen LogP) is 4.91. The molecule has 6 nitrogen and oxygen atoms in total. The van der Waals surface area contributed by atoms with Crippen LogP contribution in [0.5, 0.6) is 0 Å². The second-order valence-corrected chi connectivity index (χ2v) is 8.60. The zero-order valence-electron chi connectivity index (χ0n) is 15.5. The molecule has 1 heterocycles. The van der Waals surface area contributed by atoms with Gasteiger partial charge in [-0.05, 0) is 60.2 Å². The molecule has 0 saturated heterocycles. The number of nitrogens with one attached hydrogen (secondary N) is 2. The maximum atomic E-state index is 12.5. The molecule has 0 spiro atoms. The molecule has 0 atom stereocenters. The van der Waals surface area contributed by atoms with Crippen molar-refractivity contribution in [3.63, 3.8) is 0 Å². The Morgan fingerprint density at radius 2 is 1.77 bits per heavy atom. The molecule has 0 aliphatic carbocycles. The molecule has 0 amide bonds. The third kappa shape index (κ3) is 4.42. The lowest BCUT2D eigenvalue weighted by molar-refractivity contribution is 0.103. The zero-order chi connectivity index (χ0) is 21.1. The highest BCUT2D eigenvalue weighted by Gasteiger charge is 2.14. The highest BCUT2D eigenvalue weighted by Crippen LogP contribution is 2.20. The van der Waals surface area contributed by atoms with Crippen LogP contribution in [0.4, 0.5) is 5.69 Å². The number of hydrogen-bond acceptors (Lipinski definition) is 4. The van der Waals surface area contributed by atoms with Crippen LogP contribution in [0.1, 0.15) is 16.2 Å². The smallest absolute Gasteiger partial charge is 0.261 e. The maximum absolute atomic E-state index is 12.5. The highest BCUT2D eigenvalue weighted by atomic mass is 35.5. The van der Waals surface area contributed by atoms with E-state index >= 15 is 0 Å². The molecule has 0 fully saturated rings. The Hall–Kier alpha value is -3.42. The maximum Gasteiger partial charge on any atom is 0.261 e. The summed E-state index contributed by atoms with van der Waals surface area (Å²) in [5, 5.41) is 0.454. The van der Waals surface area contributed by atoms with Gasteiger partial charge in [-0.25, -0.2) is 13.4 Å². The Balaban J connectivity index is 1.51. The van der Waals surface area contributed by atoms with Crippen LogP contribution in [-0.4, -0.2) is 24.2 Å². The van der Waals surface area contributed by atoms with Gasteiger partial charge in [0.05, 0.1) is 15.9 Å². The minimum Gasteiger partial charge on any atom is -0.335 e. The minimum absolute atomic E-state index is 0.105. The lowest BCUT2D eigenvalue weighted by atomic mass is 10.2. The van der Waals surface area contributed by atoms with Crippen molar-refractivity contribution < 1.29 is 13.2 Å². The zero-order valence-corrected chi connectivity index (χ0v) is 17.1. The molecule has 0 saturated carbocycles. The molecule has 150 valence electrons. The molecular weight excluding hydrogens is 422 g/mol. The van der Waals surface area contributed by atoms with Crippen LogP contribution in [0.15, 0.2) is 83.8 Å². The van der Waals surface area contributed by atoms with E-state index in [1.807, 2.05) is 24.3 Å². The summed E-state index contributed by atoms with van der Waals surface area (Å²) in [6, 6.07) is 20.0. The van der Waals surface area contributed by atoms with Crippen LogP contribution >= 0.6 is 11.6 Å². The number of aromatic amines is 1. The number of sulfonamides is 1. The van der Waals surface area contributed by atoms with Gasteiger partial charge in [-0.3, -0.25) is 9.52 Å². The Morgan fingerprint density at radius 3 is 2.53 bits per heavy atom. The first kappa shape index (κ1) is 19.9. The largest absolute Gasteiger partial charge is 0.335 e. The van der Waals surface area contributed by atoms with Crippen LogP contribution < -0.4 is 4.72 Å². The van der Waals surface area contributed by atoms with E-state index in [2.05, 4.69) is 14.7 Å². The average molecular weight is 438 g/mol. The van der Waals surface area contributed by atoms with Gasteiger partial charge in [-0.2, -0.15) is 0 Å². The average Bonchev–Trinajstić information content (AvgIpc) is 3.17. The molecule has 0 radical (unpaired) electrons. The Labute approximate surface area is 178 Å². The summed E-state index contributed by atoms with van der Waals surface area (Å²) in [4.78, 5) is 19.8. The topological polar surface area (TPSA) is 91.9 Å². The van der Waals surface area contributed by atoms with Crippen LogP contribution in [0.3, 0.4) is 0 Å². The fourth-order valence-electron chi connectivity index (χ4n) is 2.85. The number of para-hydroxylation sites is 2. The summed E-state index contributed by atoms with van der Waals surface area (Å²) in [6.45, 7) is 0. The number of allylic oxidation sites excluding steroid dienone is 1. The molecule has 4 aromatic rings. The summed E-state index contributed by atoms with van der Waals surface area (Å²) >= 11 is 5.81. The third-order valence-electron chi connectivity index (χ3n) is 4.31. The van der Waals surface area contributed by atoms with E-state index < -0.39 is 10.0 Å². The van der Waals surface area contributed by atoms with E-state index in [0.717, 1.165) is 5.52 Å². The first-order chi connectivity index (χ1) is 14.4. The predicted molar refractivity (Wildman–Crippen MR) is 118 cm³/mol. The van der Waals surface area contributed by atoms with Gasteiger partial charge in [-0.1, -0.05) is 41.9 Å². The molecule has 0 aliphatic heterocycles. The number of aromatic nitrogens is 2. The number of rotatable bonds is 6. The van der Waals surface area contributed by atoms with Crippen molar-refractivity contribution in [1.82, 2.24) is 9.97 Å². The Kier molecular flexibility index (Phi) is 5.39. The SMILES string of the molecule is O=C(/C=C/c1cccc(NS(=O)(=O)c2ccc(Cl)cc2)c1)c1nc2ccccc2[nH]1. The van der Waals surface area contributed by atoms with Crippen molar-refractivity contribution in [2.45, 2.75) is 4.90 Å². The van der Waals surface area contributed by atoms with E-state index in [-0.39, 0.29) is 16.5 Å². The summed E-state index contributed by atoms with van der Waals surface area (Å²) in [5.41, 5.74) is 2.54. The molecule has 0 bridgehead atoms. The summed E-state index contributed by atoms with van der Waals surface area (Å²) in [6.07, 6.45) is 3.00. The van der Waals surface area contributed by atoms with E-state index in [9.17, 15) is 13.2 Å². The van der Waals surface area contributed by atoms with Crippen molar-refractivity contribution in [2.75, 3.05) is 4.72 Å². The van der Waals surface area contributed by atoms with Gasteiger partial charge in [0.1, 0.15) is 0 Å². The summed E-state index contributed by atoms with van der Waals surface area (Å²) < 4.78 is 27.6. The fraction of sp³-hybridized carbons (Fsp3) is 0. The number of nitrogens with zero attached hydrogens (tertiary/aromatic N) is 1. The van der Waals surface area contributed by atoms with Crippen molar-refractivity contribution in [3.05, 3.63) is 95.3 Å². The minimum atomic E-state index is -3.75. The Bertz CT molecular complexity index is 1330. The van der Waals surface area contributed by atoms with Gasteiger partial charge in [0.15, 0.2) is 5.82 Å².